The van der Waals surface area contributed by atoms with E-state index < -0.39 is 0 Å². The van der Waals surface area contributed by atoms with Crippen LogP contribution in [0.4, 0.5) is 5.69 Å². The van der Waals surface area contributed by atoms with Crippen molar-refractivity contribution in [2.75, 3.05) is 6.61 Å². The van der Waals surface area contributed by atoms with Gasteiger partial charge in [0.05, 0.1) is 22.9 Å². The summed E-state index contributed by atoms with van der Waals surface area (Å²) in [5.74, 6) is 3.01. The highest BCUT2D eigenvalue weighted by molar-refractivity contribution is 7.30. The molecule has 0 spiro atoms. The molecule has 65 heavy (non-hydrogen) atoms. The van der Waals surface area contributed by atoms with Gasteiger partial charge in [0.2, 0.25) is 5.69 Å². The Morgan fingerprint density at radius 1 is 0.508 bits per heavy atom. The molecule has 0 saturated heterocycles. The van der Waals surface area contributed by atoms with E-state index in [1.807, 2.05) is 45.3 Å². The van der Waals surface area contributed by atoms with Crippen molar-refractivity contribution < 1.29 is 4.74 Å². The van der Waals surface area contributed by atoms with Gasteiger partial charge in [0.25, 0.3) is 0 Å². The maximum atomic E-state index is 8.45. The number of unbranched alkanes of at least 4 members (excludes halogenated alkanes) is 6. The van der Waals surface area contributed by atoms with Crippen LogP contribution in [0.2, 0.25) is 0 Å². The molecule has 3 unspecified atom stereocenters. The van der Waals surface area contributed by atoms with E-state index in [1.54, 1.807) is 22.7 Å². The van der Waals surface area contributed by atoms with Gasteiger partial charge < -0.3 is 4.74 Å². The Balaban J connectivity index is 1.32. The van der Waals surface area contributed by atoms with Crippen molar-refractivity contribution in [1.82, 2.24) is 0 Å². The van der Waals surface area contributed by atoms with Crippen LogP contribution in [0, 0.1) is 38.2 Å². The molecule has 0 aliphatic heterocycles. The zero-order valence-electron chi connectivity index (χ0n) is 40.6. The average molecular weight is 981 g/mol. The van der Waals surface area contributed by atoms with Crippen molar-refractivity contribution in [3.63, 3.8) is 0 Å². The lowest BCUT2D eigenvalue weighted by Crippen LogP contribution is -2.12. The predicted octanol–water partition coefficient (Wildman–Crippen LogP) is 21.9. The molecule has 0 fully saturated rings. The first-order valence-electron chi connectivity index (χ1n) is 25.1. The summed E-state index contributed by atoms with van der Waals surface area (Å²) < 4.78 is 9.58. The van der Waals surface area contributed by atoms with Gasteiger partial charge in [0.15, 0.2) is 0 Å². The van der Waals surface area contributed by atoms with Crippen LogP contribution in [0.25, 0.3) is 65.4 Å². The number of thiophene rings is 6. The minimum Gasteiger partial charge on any atom is -0.492 e. The van der Waals surface area contributed by atoms with Crippen LogP contribution in [-0.4, -0.2) is 6.61 Å². The molecule has 3 atom stereocenters. The highest BCUT2D eigenvalue weighted by Crippen LogP contribution is 2.56. The monoisotopic (exact) mass is 979 g/mol. The average Bonchev–Trinajstić information content (AvgIpc) is 4.18. The summed E-state index contributed by atoms with van der Waals surface area (Å²) >= 11 is 11.5. The Morgan fingerprint density at radius 3 is 1.63 bits per heavy atom. The molecular weight excluding hydrogens is 907 g/mol. The Kier molecular flexibility index (Phi) is 18.9. The fourth-order valence-electron chi connectivity index (χ4n) is 9.58. The minimum absolute atomic E-state index is 0.571. The molecule has 0 N–H and O–H groups in total. The Labute approximate surface area is 416 Å². The van der Waals surface area contributed by atoms with Crippen LogP contribution >= 0.6 is 68.0 Å². The Hall–Kier alpha value is -2.77. The predicted molar refractivity (Wildman–Crippen MR) is 297 cm³/mol. The molecule has 0 aliphatic carbocycles. The molecule has 8 heteroatoms. The molecule has 6 aromatic heterocycles. The van der Waals surface area contributed by atoms with Gasteiger partial charge >= 0.3 is 0 Å². The van der Waals surface area contributed by atoms with Gasteiger partial charge in [-0.2, -0.15) is 0 Å². The second-order valence-corrected chi connectivity index (χ2v) is 25.6. The second-order valence-electron chi connectivity index (χ2n) is 18.6. The summed E-state index contributed by atoms with van der Waals surface area (Å²) in [6.07, 6.45) is 22.7. The number of hydrogen-bond donors (Lipinski definition) is 0. The summed E-state index contributed by atoms with van der Waals surface area (Å²) in [4.78, 5) is 17.2. The van der Waals surface area contributed by atoms with Crippen LogP contribution in [0.5, 0.6) is 5.75 Å². The zero-order valence-corrected chi connectivity index (χ0v) is 45.5. The van der Waals surface area contributed by atoms with Gasteiger partial charge in [-0.1, -0.05) is 131 Å². The fourth-order valence-corrected chi connectivity index (χ4v) is 16.7. The highest BCUT2D eigenvalue weighted by atomic mass is 32.1. The van der Waals surface area contributed by atoms with Crippen LogP contribution in [0.15, 0.2) is 48.5 Å². The SMILES string of the molecule is [C-]#[N+]c1cc(-c2cc3c(-c4ccc(CC(CC)CCCC)s4)c4sc(C)cc4c(-c4ccc(CC(CC)CCCC)s4)c3s2)sc1-c1sc(C)cc1OCC(CCCC)CCCCCC. The molecule has 0 aliphatic rings. The van der Waals surface area contributed by atoms with Crippen LogP contribution < -0.4 is 4.74 Å². The van der Waals surface area contributed by atoms with E-state index in [0.717, 1.165) is 39.6 Å². The summed E-state index contributed by atoms with van der Waals surface area (Å²) in [6, 6.07) is 19.1. The molecule has 7 rings (SSSR count). The molecule has 348 valence electrons. The zero-order chi connectivity index (χ0) is 45.9. The van der Waals surface area contributed by atoms with Gasteiger partial charge in [0.1, 0.15) is 5.75 Å². The summed E-state index contributed by atoms with van der Waals surface area (Å²) in [7, 11) is 0. The lowest BCUT2D eigenvalue weighted by atomic mass is 9.95. The minimum atomic E-state index is 0.571. The summed E-state index contributed by atoms with van der Waals surface area (Å²) in [5.41, 5.74) is 3.54. The number of rotatable bonds is 27. The van der Waals surface area contributed by atoms with E-state index in [1.165, 1.54) is 186 Å². The Bertz CT molecular complexity index is 2500. The van der Waals surface area contributed by atoms with Crippen LogP contribution in [-0.2, 0) is 12.8 Å². The molecule has 7 aromatic rings. The quantitative estimate of drug-likeness (QED) is 0.0370. The van der Waals surface area contributed by atoms with E-state index in [4.69, 9.17) is 11.3 Å². The molecule has 0 saturated carbocycles. The number of hydrogen-bond acceptors (Lipinski definition) is 7. The standard InChI is InChI=1S/C57H73NOS6/c1-10-16-20-21-25-41(24-19-13-4)36-59-47-31-38(8)61-57(47)56-46(58-9)35-51(65-56)50-34-45-53(49-29-27-43(63-49)33-40(15-6)23-18-12-3)54-44(30-37(7)60-54)52(55(45)64-50)48-28-26-42(62-48)32-39(14-5)22-17-11-2/h26-31,34-35,39-41H,10-25,32-33,36H2,1-8H3. The highest BCUT2D eigenvalue weighted by Gasteiger charge is 2.26. The summed E-state index contributed by atoms with van der Waals surface area (Å²) in [5, 5.41) is 2.75. The number of nitrogens with zero attached hydrogens (tertiary/aromatic N) is 1. The van der Waals surface area contributed by atoms with Crippen molar-refractivity contribution >= 4 is 93.9 Å². The third-order valence-corrected chi connectivity index (χ3v) is 20.5. The number of benzene rings is 1. The lowest BCUT2D eigenvalue weighted by molar-refractivity contribution is 0.226. The fraction of sp³-hybridized carbons (Fsp3) is 0.526. The van der Waals surface area contributed by atoms with E-state index in [0.29, 0.717) is 5.92 Å². The van der Waals surface area contributed by atoms with E-state index in [9.17, 15) is 0 Å². The number of ether oxygens (including phenoxy) is 1. The Morgan fingerprint density at radius 2 is 1.05 bits per heavy atom. The maximum absolute atomic E-state index is 8.45. The molecule has 0 radical (unpaired) electrons. The molecule has 1 aromatic carbocycles. The van der Waals surface area contributed by atoms with Crippen molar-refractivity contribution in [3.8, 4) is 46.1 Å². The van der Waals surface area contributed by atoms with E-state index in [-0.39, 0.29) is 0 Å². The third kappa shape index (κ3) is 12.3. The molecule has 0 bridgehead atoms. The van der Waals surface area contributed by atoms with Crippen molar-refractivity contribution in [1.29, 1.82) is 0 Å². The first-order chi connectivity index (χ1) is 31.7. The van der Waals surface area contributed by atoms with Crippen molar-refractivity contribution in [3.05, 3.63) is 79.5 Å². The van der Waals surface area contributed by atoms with Crippen LogP contribution in [0.3, 0.4) is 0 Å². The topological polar surface area (TPSA) is 13.6 Å². The lowest BCUT2D eigenvalue weighted by Gasteiger charge is -2.17. The van der Waals surface area contributed by atoms with E-state index >= 15 is 0 Å². The van der Waals surface area contributed by atoms with Gasteiger partial charge in [-0.15, -0.1) is 68.0 Å². The third-order valence-electron chi connectivity index (χ3n) is 13.5. The number of aryl methyl sites for hydroxylation is 2. The molecular formula is C57H73NOS6. The first kappa shape index (κ1) is 50.1. The molecule has 0 amide bonds. The smallest absolute Gasteiger partial charge is 0.207 e. The van der Waals surface area contributed by atoms with Crippen molar-refractivity contribution in [2.24, 2.45) is 17.8 Å². The number of fused-ring (bicyclic) bond motifs is 2. The van der Waals surface area contributed by atoms with Crippen LogP contribution in [0.1, 0.15) is 164 Å². The van der Waals surface area contributed by atoms with Gasteiger partial charge in [-0.3, -0.25) is 0 Å². The molecule has 2 nitrogen and oxygen atoms in total. The maximum Gasteiger partial charge on any atom is 0.207 e. The first-order valence-corrected chi connectivity index (χ1v) is 30.0. The summed E-state index contributed by atoms with van der Waals surface area (Å²) in [6.45, 7) is 27.6. The normalized spacial score (nSPS) is 13.3. The largest absolute Gasteiger partial charge is 0.492 e. The molecule has 6 heterocycles. The van der Waals surface area contributed by atoms with E-state index in [2.05, 4.69) is 109 Å². The second kappa shape index (κ2) is 24.5. The van der Waals surface area contributed by atoms with Gasteiger partial charge in [0, 0.05) is 70.3 Å². The van der Waals surface area contributed by atoms with Crippen molar-refractivity contribution in [2.45, 2.75) is 171 Å². The van der Waals surface area contributed by atoms with Gasteiger partial charge in [-0.25, -0.2) is 4.85 Å². The van der Waals surface area contributed by atoms with Gasteiger partial charge in [-0.05, 0) is 106 Å².